The first-order valence-corrected chi connectivity index (χ1v) is 8.97. The number of nitrogens with zero attached hydrogens (tertiary/aromatic N) is 2. The molecule has 0 aliphatic heterocycles. The van der Waals surface area contributed by atoms with Gasteiger partial charge in [-0.2, -0.15) is 0 Å². The first kappa shape index (κ1) is 18.4. The number of hydrogen-bond donors (Lipinski definition) is 0. The van der Waals surface area contributed by atoms with E-state index >= 15 is 0 Å². The van der Waals surface area contributed by atoms with Gasteiger partial charge in [-0.25, -0.2) is 9.78 Å². The molecule has 0 fully saturated rings. The second-order valence-electron chi connectivity index (χ2n) is 5.08. The van der Waals surface area contributed by atoms with Crippen molar-refractivity contribution in [1.29, 1.82) is 0 Å². The van der Waals surface area contributed by atoms with Crippen LogP contribution < -0.4 is 0 Å². The molecule has 0 spiro atoms. The third-order valence-corrected chi connectivity index (χ3v) is 4.32. The summed E-state index contributed by atoms with van der Waals surface area (Å²) < 4.78 is 4.93. The number of ether oxygens (including phenoxy) is 1. The summed E-state index contributed by atoms with van der Waals surface area (Å²) >= 11 is 7.21. The smallest absolute Gasteiger partial charge is 0.357 e. The van der Waals surface area contributed by atoms with Gasteiger partial charge in [0.1, 0.15) is 5.01 Å². The standard InChI is InChI=1S/C17H19ClN2O3S/c1-3-9-20(16(21)12-5-7-13(18)8-6-12)10-15-19-14(11-24-15)17(22)23-4-2/h5-8,11H,3-4,9-10H2,1-2H3. The van der Waals surface area contributed by atoms with Gasteiger partial charge in [-0.3, -0.25) is 4.79 Å². The Morgan fingerprint density at radius 2 is 1.96 bits per heavy atom. The van der Waals surface area contributed by atoms with E-state index in [0.29, 0.717) is 35.3 Å². The van der Waals surface area contributed by atoms with Crippen LogP contribution in [0.5, 0.6) is 0 Å². The normalized spacial score (nSPS) is 10.5. The lowest BCUT2D eigenvalue weighted by molar-refractivity contribution is 0.0520. The van der Waals surface area contributed by atoms with Gasteiger partial charge in [0.05, 0.1) is 13.2 Å². The van der Waals surface area contributed by atoms with Gasteiger partial charge in [-0.1, -0.05) is 18.5 Å². The molecule has 0 atom stereocenters. The summed E-state index contributed by atoms with van der Waals surface area (Å²) in [4.78, 5) is 30.3. The number of thiazole rings is 1. The first-order chi connectivity index (χ1) is 11.5. The van der Waals surface area contributed by atoms with E-state index in [-0.39, 0.29) is 11.6 Å². The van der Waals surface area contributed by atoms with E-state index in [1.807, 2.05) is 6.92 Å². The lowest BCUT2D eigenvalue weighted by atomic mass is 10.2. The number of benzene rings is 1. The number of aromatic nitrogens is 1. The molecule has 0 aliphatic carbocycles. The van der Waals surface area contributed by atoms with Crippen molar-refractivity contribution in [3.63, 3.8) is 0 Å². The van der Waals surface area contributed by atoms with Crippen LogP contribution in [0.2, 0.25) is 5.02 Å². The summed E-state index contributed by atoms with van der Waals surface area (Å²) in [6.07, 6.45) is 0.829. The maximum absolute atomic E-state index is 12.7. The van der Waals surface area contributed by atoms with E-state index in [1.165, 1.54) is 11.3 Å². The van der Waals surface area contributed by atoms with E-state index in [4.69, 9.17) is 16.3 Å². The van der Waals surface area contributed by atoms with E-state index in [1.54, 1.807) is 41.5 Å². The fraction of sp³-hybridized carbons (Fsp3) is 0.353. The summed E-state index contributed by atoms with van der Waals surface area (Å²) in [5, 5.41) is 2.95. The largest absolute Gasteiger partial charge is 0.461 e. The number of esters is 1. The SMILES string of the molecule is CCCN(Cc1nc(C(=O)OCC)cs1)C(=O)c1ccc(Cl)cc1. The molecular weight excluding hydrogens is 348 g/mol. The summed E-state index contributed by atoms with van der Waals surface area (Å²) in [5.74, 6) is -0.521. The summed E-state index contributed by atoms with van der Waals surface area (Å²) in [6, 6.07) is 6.81. The van der Waals surface area contributed by atoms with Gasteiger partial charge in [0.15, 0.2) is 5.69 Å². The minimum absolute atomic E-state index is 0.0820. The number of carbonyl (C=O) groups excluding carboxylic acids is 2. The molecule has 2 aromatic rings. The van der Waals surface area contributed by atoms with Crippen LogP contribution in [0.4, 0.5) is 0 Å². The van der Waals surface area contributed by atoms with Crippen LogP contribution in [0, 0.1) is 0 Å². The third-order valence-electron chi connectivity index (χ3n) is 3.23. The molecule has 5 nitrogen and oxygen atoms in total. The molecule has 0 aliphatic rings. The average molecular weight is 367 g/mol. The first-order valence-electron chi connectivity index (χ1n) is 7.71. The molecule has 128 valence electrons. The Morgan fingerprint density at radius 1 is 1.25 bits per heavy atom. The highest BCUT2D eigenvalue weighted by Crippen LogP contribution is 2.17. The molecule has 24 heavy (non-hydrogen) atoms. The molecule has 0 saturated carbocycles. The van der Waals surface area contributed by atoms with Crippen LogP contribution in [0.25, 0.3) is 0 Å². The van der Waals surface area contributed by atoms with Gasteiger partial charge >= 0.3 is 5.97 Å². The number of halogens is 1. The van der Waals surface area contributed by atoms with Crippen LogP contribution in [-0.4, -0.2) is 34.9 Å². The lowest BCUT2D eigenvalue weighted by Gasteiger charge is -2.21. The number of amides is 1. The molecule has 2 rings (SSSR count). The number of hydrogen-bond acceptors (Lipinski definition) is 5. The van der Waals surface area contributed by atoms with Crippen molar-refractivity contribution >= 4 is 34.8 Å². The molecule has 7 heteroatoms. The summed E-state index contributed by atoms with van der Waals surface area (Å²) in [5.41, 5.74) is 0.863. The van der Waals surface area contributed by atoms with Crippen LogP contribution >= 0.6 is 22.9 Å². The Kier molecular flexibility index (Phi) is 6.75. The molecule has 0 bridgehead atoms. The minimum Gasteiger partial charge on any atom is -0.461 e. The molecule has 1 amide bonds. The zero-order valence-electron chi connectivity index (χ0n) is 13.6. The Balaban J connectivity index is 2.12. The van der Waals surface area contributed by atoms with Crippen LogP contribution in [0.1, 0.15) is 46.1 Å². The van der Waals surface area contributed by atoms with Gasteiger partial charge in [-0.05, 0) is 37.6 Å². The third kappa shape index (κ3) is 4.79. The molecule has 0 radical (unpaired) electrons. The highest BCUT2D eigenvalue weighted by molar-refractivity contribution is 7.09. The molecule has 1 heterocycles. The predicted molar refractivity (Wildman–Crippen MR) is 94.6 cm³/mol. The van der Waals surface area contributed by atoms with Crippen LogP contribution in [0.3, 0.4) is 0 Å². The van der Waals surface area contributed by atoms with Crippen molar-refractivity contribution in [3.05, 3.63) is 50.9 Å². The van der Waals surface area contributed by atoms with Gasteiger partial charge in [0.25, 0.3) is 5.91 Å². The second-order valence-corrected chi connectivity index (χ2v) is 6.46. The van der Waals surface area contributed by atoms with Gasteiger partial charge in [0, 0.05) is 22.5 Å². The predicted octanol–water partition coefficient (Wildman–Crippen LogP) is 4.03. The zero-order chi connectivity index (χ0) is 17.5. The highest BCUT2D eigenvalue weighted by atomic mass is 35.5. The monoisotopic (exact) mass is 366 g/mol. The quantitative estimate of drug-likeness (QED) is 0.694. The maximum Gasteiger partial charge on any atom is 0.357 e. The van der Waals surface area contributed by atoms with Gasteiger partial charge < -0.3 is 9.64 Å². The number of rotatable bonds is 7. The van der Waals surface area contributed by atoms with E-state index < -0.39 is 5.97 Å². The van der Waals surface area contributed by atoms with Crippen LogP contribution in [0.15, 0.2) is 29.6 Å². The van der Waals surface area contributed by atoms with E-state index in [9.17, 15) is 9.59 Å². The summed E-state index contributed by atoms with van der Waals surface area (Å²) in [6.45, 7) is 5.03. The zero-order valence-corrected chi connectivity index (χ0v) is 15.2. The van der Waals surface area contributed by atoms with Gasteiger partial charge in [0.2, 0.25) is 0 Å². The Morgan fingerprint density at radius 3 is 2.58 bits per heavy atom. The highest BCUT2D eigenvalue weighted by Gasteiger charge is 2.18. The van der Waals surface area contributed by atoms with E-state index in [2.05, 4.69) is 4.98 Å². The fourth-order valence-electron chi connectivity index (χ4n) is 2.14. The van der Waals surface area contributed by atoms with Gasteiger partial charge in [-0.15, -0.1) is 11.3 Å². The Labute approximate surface area is 150 Å². The van der Waals surface area contributed by atoms with Crippen molar-refractivity contribution in [2.24, 2.45) is 0 Å². The molecule has 0 unspecified atom stereocenters. The van der Waals surface area contributed by atoms with Crippen molar-refractivity contribution in [2.45, 2.75) is 26.8 Å². The fourth-order valence-corrected chi connectivity index (χ4v) is 3.05. The molecular formula is C17H19ClN2O3S. The Hall–Kier alpha value is -1.92. The van der Waals surface area contributed by atoms with Crippen molar-refractivity contribution in [3.8, 4) is 0 Å². The second kappa shape index (κ2) is 8.80. The lowest BCUT2D eigenvalue weighted by Crippen LogP contribution is -2.31. The maximum atomic E-state index is 12.7. The van der Waals surface area contributed by atoms with E-state index in [0.717, 1.165) is 6.42 Å². The van der Waals surface area contributed by atoms with Crippen molar-refractivity contribution < 1.29 is 14.3 Å². The molecule has 1 aromatic carbocycles. The minimum atomic E-state index is -0.439. The summed E-state index contributed by atoms with van der Waals surface area (Å²) in [7, 11) is 0. The molecule has 0 N–H and O–H groups in total. The Bertz CT molecular complexity index is 700. The number of carbonyl (C=O) groups is 2. The van der Waals surface area contributed by atoms with Crippen LogP contribution in [-0.2, 0) is 11.3 Å². The molecule has 0 saturated heterocycles. The average Bonchev–Trinajstić information content (AvgIpc) is 3.03. The van der Waals surface area contributed by atoms with Crippen molar-refractivity contribution in [2.75, 3.05) is 13.2 Å². The molecule has 1 aromatic heterocycles. The van der Waals surface area contributed by atoms with Crippen molar-refractivity contribution in [1.82, 2.24) is 9.88 Å². The topological polar surface area (TPSA) is 59.5 Å².